The van der Waals surface area contributed by atoms with E-state index in [-0.39, 0.29) is 5.91 Å². The first kappa shape index (κ1) is 17.4. The fourth-order valence-electron chi connectivity index (χ4n) is 3.00. The van der Waals surface area contributed by atoms with Crippen LogP contribution < -0.4 is 4.90 Å². The minimum absolute atomic E-state index is 0.0166. The van der Waals surface area contributed by atoms with Crippen molar-refractivity contribution < 1.29 is 4.79 Å². The minimum Gasteiger partial charge on any atom is -0.335 e. The van der Waals surface area contributed by atoms with E-state index in [0.717, 1.165) is 38.4 Å². The number of aromatic nitrogens is 2. The van der Waals surface area contributed by atoms with Crippen LogP contribution in [0.4, 0.5) is 11.6 Å². The third-order valence-electron chi connectivity index (χ3n) is 4.52. The molecule has 1 amide bonds. The number of rotatable bonds is 4. The van der Waals surface area contributed by atoms with Crippen molar-refractivity contribution in [1.82, 2.24) is 19.8 Å². The lowest BCUT2D eigenvalue weighted by Gasteiger charge is -2.32. The summed E-state index contributed by atoms with van der Waals surface area (Å²) < 4.78 is 0. The second-order valence-corrected chi connectivity index (χ2v) is 6.42. The fraction of sp³-hybridized carbons (Fsp3) is 0.421. The zero-order valence-corrected chi connectivity index (χ0v) is 15.1. The summed E-state index contributed by atoms with van der Waals surface area (Å²) in [6, 6.07) is 9.92. The molecular weight excluding hydrogens is 314 g/mol. The van der Waals surface area contributed by atoms with Crippen LogP contribution in [-0.4, -0.2) is 65.4 Å². The van der Waals surface area contributed by atoms with Crippen LogP contribution in [0.25, 0.3) is 0 Å². The van der Waals surface area contributed by atoms with E-state index in [2.05, 4.69) is 47.9 Å². The van der Waals surface area contributed by atoms with Gasteiger partial charge in [0.05, 0.1) is 0 Å². The van der Waals surface area contributed by atoms with Gasteiger partial charge in [-0.15, -0.1) is 0 Å². The Morgan fingerprint density at radius 1 is 1.20 bits per heavy atom. The molecule has 1 fully saturated rings. The predicted octanol–water partition coefficient (Wildman–Crippen LogP) is 2.33. The highest BCUT2D eigenvalue weighted by atomic mass is 16.2. The van der Waals surface area contributed by atoms with Gasteiger partial charge in [0.25, 0.3) is 5.91 Å². The molecule has 0 radical (unpaired) electrons. The zero-order valence-electron chi connectivity index (χ0n) is 15.1. The topological polar surface area (TPSA) is 52.6 Å². The summed E-state index contributed by atoms with van der Waals surface area (Å²) in [5.74, 6) is 0.546. The Balaban J connectivity index is 1.84. The standard InChI is InChI=1S/C19H25N5O/c1-4-24(16-7-5-6-15(2)14-16)19-20-9-8-17(21-19)18(25)23-12-10-22(3)11-13-23/h5-9,14H,4,10-13H2,1-3H3. The SMILES string of the molecule is CCN(c1cccc(C)c1)c1nccc(C(=O)N2CCN(C)CC2)n1. The van der Waals surface area contributed by atoms with Crippen molar-refractivity contribution in [1.29, 1.82) is 0 Å². The maximum absolute atomic E-state index is 12.8. The van der Waals surface area contributed by atoms with Gasteiger partial charge in [0.15, 0.2) is 0 Å². The lowest BCUT2D eigenvalue weighted by Crippen LogP contribution is -2.47. The molecule has 3 rings (SSSR count). The maximum Gasteiger partial charge on any atom is 0.272 e. The molecule has 25 heavy (non-hydrogen) atoms. The lowest BCUT2D eigenvalue weighted by molar-refractivity contribution is 0.0658. The van der Waals surface area contributed by atoms with Crippen LogP contribution in [0.2, 0.25) is 0 Å². The van der Waals surface area contributed by atoms with E-state index in [4.69, 9.17) is 0 Å². The summed E-state index contributed by atoms with van der Waals surface area (Å²) in [5, 5.41) is 0. The van der Waals surface area contributed by atoms with Crippen molar-refractivity contribution in [2.75, 3.05) is 44.7 Å². The van der Waals surface area contributed by atoms with Crippen LogP contribution in [-0.2, 0) is 0 Å². The molecule has 1 saturated heterocycles. The van der Waals surface area contributed by atoms with E-state index in [1.165, 1.54) is 5.56 Å². The van der Waals surface area contributed by atoms with Crippen LogP contribution in [0, 0.1) is 6.92 Å². The normalized spacial score (nSPS) is 15.2. The van der Waals surface area contributed by atoms with Crippen LogP contribution in [0.1, 0.15) is 23.0 Å². The molecule has 0 saturated carbocycles. The molecule has 0 N–H and O–H groups in total. The third kappa shape index (κ3) is 3.96. The first-order valence-electron chi connectivity index (χ1n) is 8.73. The van der Waals surface area contributed by atoms with Crippen molar-refractivity contribution in [3.05, 3.63) is 47.8 Å². The van der Waals surface area contributed by atoms with Crippen molar-refractivity contribution in [3.8, 4) is 0 Å². The second kappa shape index (κ2) is 7.61. The molecule has 0 atom stereocenters. The van der Waals surface area contributed by atoms with Gasteiger partial charge in [-0.25, -0.2) is 9.97 Å². The second-order valence-electron chi connectivity index (χ2n) is 6.42. The Morgan fingerprint density at radius 2 is 1.96 bits per heavy atom. The first-order chi connectivity index (χ1) is 12.1. The molecule has 1 aromatic carbocycles. The number of benzene rings is 1. The minimum atomic E-state index is -0.0166. The zero-order chi connectivity index (χ0) is 17.8. The average molecular weight is 339 g/mol. The van der Waals surface area contributed by atoms with E-state index in [9.17, 15) is 4.79 Å². The lowest BCUT2D eigenvalue weighted by atomic mass is 10.2. The first-order valence-corrected chi connectivity index (χ1v) is 8.73. The monoisotopic (exact) mass is 339 g/mol. The van der Waals surface area contributed by atoms with Crippen LogP contribution in [0.5, 0.6) is 0 Å². The Labute approximate surface area is 149 Å². The Bertz CT molecular complexity index is 740. The number of nitrogens with zero attached hydrogens (tertiary/aromatic N) is 5. The summed E-state index contributed by atoms with van der Waals surface area (Å²) in [6.45, 7) is 8.12. The van der Waals surface area contributed by atoms with Gasteiger partial charge in [0.2, 0.25) is 5.95 Å². The number of hydrogen-bond donors (Lipinski definition) is 0. The Kier molecular flexibility index (Phi) is 5.28. The Morgan fingerprint density at radius 3 is 2.64 bits per heavy atom. The number of carbonyl (C=O) groups excluding carboxylic acids is 1. The van der Waals surface area contributed by atoms with Crippen molar-refractivity contribution >= 4 is 17.5 Å². The number of anilines is 2. The summed E-state index contributed by atoms with van der Waals surface area (Å²) in [4.78, 5) is 27.8. The molecule has 6 heteroatoms. The maximum atomic E-state index is 12.8. The van der Waals surface area contributed by atoms with E-state index in [1.54, 1.807) is 12.3 Å². The molecule has 0 aliphatic carbocycles. The van der Waals surface area contributed by atoms with Gasteiger partial charge < -0.3 is 14.7 Å². The predicted molar refractivity (Wildman–Crippen MR) is 99.3 cm³/mol. The molecule has 1 aromatic heterocycles. The highest BCUT2D eigenvalue weighted by Crippen LogP contribution is 2.23. The molecule has 2 heterocycles. The van der Waals surface area contributed by atoms with Gasteiger partial charge in [-0.2, -0.15) is 0 Å². The number of amides is 1. The van der Waals surface area contributed by atoms with E-state index >= 15 is 0 Å². The molecule has 2 aromatic rings. The van der Waals surface area contributed by atoms with Gasteiger partial charge >= 0.3 is 0 Å². The summed E-state index contributed by atoms with van der Waals surface area (Å²) in [7, 11) is 2.07. The summed E-state index contributed by atoms with van der Waals surface area (Å²) in [6.07, 6.45) is 1.67. The van der Waals surface area contributed by atoms with E-state index in [1.807, 2.05) is 21.9 Å². The van der Waals surface area contributed by atoms with Crippen molar-refractivity contribution in [2.45, 2.75) is 13.8 Å². The van der Waals surface area contributed by atoms with Gasteiger partial charge in [-0.05, 0) is 44.7 Å². The highest BCUT2D eigenvalue weighted by molar-refractivity contribution is 5.92. The number of piperazine rings is 1. The molecule has 0 spiro atoms. The quantitative estimate of drug-likeness (QED) is 0.856. The molecule has 132 valence electrons. The highest BCUT2D eigenvalue weighted by Gasteiger charge is 2.22. The van der Waals surface area contributed by atoms with Gasteiger partial charge in [-0.1, -0.05) is 12.1 Å². The summed E-state index contributed by atoms with van der Waals surface area (Å²) >= 11 is 0. The molecule has 1 aliphatic heterocycles. The number of likely N-dealkylation sites (N-methyl/N-ethyl adjacent to an activating group) is 1. The van der Waals surface area contributed by atoms with Crippen molar-refractivity contribution in [3.63, 3.8) is 0 Å². The smallest absolute Gasteiger partial charge is 0.272 e. The third-order valence-corrected chi connectivity index (χ3v) is 4.52. The van der Waals surface area contributed by atoms with Gasteiger partial charge in [0, 0.05) is 44.6 Å². The molecule has 0 bridgehead atoms. The Hall–Kier alpha value is -2.47. The fourth-order valence-corrected chi connectivity index (χ4v) is 3.00. The number of hydrogen-bond acceptors (Lipinski definition) is 5. The van der Waals surface area contributed by atoms with E-state index in [0.29, 0.717) is 11.6 Å². The van der Waals surface area contributed by atoms with Crippen molar-refractivity contribution in [2.24, 2.45) is 0 Å². The van der Waals surface area contributed by atoms with Crippen LogP contribution in [0.15, 0.2) is 36.5 Å². The molecule has 1 aliphatic rings. The number of aryl methyl sites for hydroxylation is 1. The van der Waals surface area contributed by atoms with Crippen LogP contribution >= 0.6 is 0 Å². The largest absolute Gasteiger partial charge is 0.335 e. The van der Waals surface area contributed by atoms with Crippen LogP contribution in [0.3, 0.4) is 0 Å². The van der Waals surface area contributed by atoms with Gasteiger partial charge in [-0.3, -0.25) is 4.79 Å². The molecular formula is C19H25N5O. The van der Waals surface area contributed by atoms with Gasteiger partial charge in [0.1, 0.15) is 5.69 Å². The average Bonchev–Trinajstić information content (AvgIpc) is 2.63. The molecule has 0 unspecified atom stereocenters. The van der Waals surface area contributed by atoms with E-state index < -0.39 is 0 Å². The number of carbonyl (C=O) groups is 1. The summed E-state index contributed by atoms with van der Waals surface area (Å²) in [5.41, 5.74) is 2.67. The molecule has 6 nitrogen and oxygen atoms in total.